The molecule has 0 fully saturated rings. The number of rotatable bonds is 6. The minimum absolute atomic E-state index is 0.0657. The summed E-state index contributed by atoms with van der Waals surface area (Å²) in [5.41, 5.74) is 6.42. The highest BCUT2D eigenvalue weighted by Crippen LogP contribution is 2.23. The summed E-state index contributed by atoms with van der Waals surface area (Å²) in [5, 5.41) is 0. The maximum atomic E-state index is 13.4. The van der Waals surface area contributed by atoms with E-state index in [4.69, 9.17) is 10.2 Å². The van der Waals surface area contributed by atoms with Crippen molar-refractivity contribution in [1.82, 2.24) is 9.55 Å². The molecule has 0 aliphatic heterocycles. The second kappa shape index (κ2) is 8.81. The number of nitrogens with two attached hydrogens (primary N) is 1. The van der Waals surface area contributed by atoms with Crippen LogP contribution in [-0.2, 0) is 13.1 Å². The number of benzene rings is 2. The summed E-state index contributed by atoms with van der Waals surface area (Å²) in [6.07, 6.45) is 0. The van der Waals surface area contributed by atoms with Gasteiger partial charge in [0.2, 0.25) is 0 Å². The standard InChI is InChI=1S/C24H22N4O4/c1-16-12-13-19(32-16)23(30)27(14-17-8-4-2-5-9-17)20-21(25)28(24(31)26-22(20)29)15-18-10-6-3-7-11-18/h2-13H,14-15,25H2,1H3,(H,26,29,31). The Morgan fingerprint density at radius 1 is 0.969 bits per heavy atom. The first-order valence-electron chi connectivity index (χ1n) is 10.0. The lowest BCUT2D eigenvalue weighted by Gasteiger charge is -2.24. The van der Waals surface area contributed by atoms with Crippen molar-refractivity contribution in [3.63, 3.8) is 0 Å². The lowest BCUT2D eigenvalue weighted by molar-refractivity contribution is 0.0956. The number of aryl methyl sites for hydroxylation is 1. The van der Waals surface area contributed by atoms with Gasteiger partial charge in [-0.3, -0.25) is 24.0 Å². The molecule has 0 saturated heterocycles. The molecular weight excluding hydrogens is 408 g/mol. The molecule has 0 saturated carbocycles. The molecule has 4 aromatic rings. The largest absolute Gasteiger partial charge is 0.456 e. The highest BCUT2D eigenvalue weighted by atomic mass is 16.3. The lowest BCUT2D eigenvalue weighted by atomic mass is 10.2. The fraction of sp³-hybridized carbons (Fsp3) is 0.125. The molecule has 0 aliphatic carbocycles. The Labute approximate surface area is 183 Å². The smallest absolute Gasteiger partial charge is 0.330 e. The first-order chi connectivity index (χ1) is 15.4. The fourth-order valence-corrected chi connectivity index (χ4v) is 3.46. The van der Waals surface area contributed by atoms with Crippen molar-refractivity contribution < 1.29 is 9.21 Å². The van der Waals surface area contributed by atoms with Gasteiger partial charge in [-0.15, -0.1) is 0 Å². The van der Waals surface area contributed by atoms with Crippen molar-refractivity contribution in [3.05, 3.63) is 116 Å². The molecule has 2 aromatic heterocycles. The zero-order valence-electron chi connectivity index (χ0n) is 17.4. The van der Waals surface area contributed by atoms with Gasteiger partial charge in [-0.1, -0.05) is 60.7 Å². The highest BCUT2D eigenvalue weighted by molar-refractivity contribution is 6.05. The summed E-state index contributed by atoms with van der Waals surface area (Å²) in [4.78, 5) is 42.3. The van der Waals surface area contributed by atoms with Gasteiger partial charge in [-0.05, 0) is 30.2 Å². The van der Waals surface area contributed by atoms with Crippen LogP contribution in [-0.4, -0.2) is 15.5 Å². The number of anilines is 2. The number of amides is 1. The molecular formula is C24H22N4O4. The molecule has 0 unspecified atom stereocenters. The van der Waals surface area contributed by atoms with Crippen LogP contribution in [0.4, 0.5) is 11.5 Å². The number of carbonyl (C=O) groups excluding carboxylic acids is 1. The van der Waals surface area contributed by atoms with Gasteiger partial charge in [0.15, 0.2) is 11.4 Å². The van der Waals surface area contributed by atoms with Gasteiger partial charge < -0.3 is 10.2 Å². The number of hydrogen-bond acceptors (Lipinski definition) is 5. The van der Waals surface area contributed by atoms with Crippen molar-refractivity contribution >= 4 is 17.4 Å². The van der Waals surface area contributed by atoms with Gasteiger partial charge in [0.05, 0.1) is 13.1 Å². The van der Waals surface area contributed by atoms with Crippen LogP contribution in [0, 0.1) is 6.92 Å². The summed E-state index contributed by atoms with van der Waals surface area (Å²) < 4.78 is 6.74. The number of hydrogen-bond donors (Lipinski definition) is 2. The average molecular weight is 430 g/mol. The number of H-pyrrole nitrogens is 1. The van der Waals surface area contributed by atoms with E-state index in [9.17, 15) is 14.4 Å². The highest BCUT2D eigenvalue weighted by Gasteiger charge is 2.27. The number of nitrogen functional groups attached to an aromatic ring is 1. The predicted molar refractivity (Wildman–Crippen MR) is 122 cm³/mol. The quantitative estimate of drug-likeness (QED) is 0.488. The van der Waals surface area contributed by atoms with Crippen molar-refractivity contribution in [2.45, 2.75) is 20.0 Å². The number of carbonyl (C=O) groups is 1. The zero-order chi connectivity index (χ0) is 22.7. The second-order valence-electron chi connectivity index (χ2n) is 7.35. The van der Waals surface area contributed by atoms with Crippen LogP contribution in [0.2, 0.25) is 0 Å². The van der Waals surface area contributed by atoms with Gasteiger partial charge in [0.1, 0.15) is 11.6 Å². The third-order valence-electron chi connectivity index (χ3n) is 5.05. The molecule has 1 amide bonds. The molecule has 0 atom stereocenters. The van der Waals surface area contributed by atoms with Crippen LogP contribution in [0.25, 0.3) is 0 Å². The van der Waals surface area contributed by atoms with Gasteiger partial charge in [0.25, 0.3) is 11.5 Å². The maximum Gasteiger partial charge on any atom is 0.330 e. The van der Waals surface area contributed by atoms with Crippen molar-refractivity contribution in [3.8, 4) is 0 Å². The Bertz CT molecular complexity index is 1350. The Morgan fingerprint density at radius 3 is 2.19 bits per heavy atom. The molecule has 2 aromatic carbocycles. The van der Waals surface area contributed by atoms with E-state index in [1.54, 1.807) is 19.1 Å². The van der Waals surface area contributed by atoms with E-state index in [1.165, 1.54) is 9.47 Å². The number of nitrogens with zero attached hydrogens (tertiary/aromatic N) is 2. The molecule has 0 radical (unpaired) electrons. The number of nitrogens with one attached hydrogen (secondary N) is 1. The maximum absolute atomic E-state index is 13.4. The SMILES string of the molecule is Cc1ccc(C(=O)N(Cc2ccccc2)c2c(N)n(Cc3ccccc3)c(=O)[nH]c2=O)o1. The van der Waals surface area contributed by atoms with Crippen LogP contribution in [0.5, 0.6) is 0 Å². The van der Waals surface area contributed by atoms with Crippen LogP contribution in [0.3, 0.4) is 0 Å². The van der Waals surface area contributed by atoms with E-state index in [1.807, 2.05) is 60.7 Å². The Kier molecular flexibility index (Phi) is 5.76. The van der Waals surface area contributed by atoms with Crippen molar-refractivity contribution in [1.29, 1.82) is 0 Å². The number of aromatic nitrogens is 2. The monoisotopic (exact) mass is 430 g/mol. The molecule has 32 heavy (non-hydrogen) atoms. The Hall–Kier alpha value is -4.33. The van der Waals surface area contributed by atoms with Gasteiger partial charge in [-0.25, -0.2) is 4.79 Å². The lowest BCUT2D eigenvalue weighted by Crippen LogP contribution is -2.41. The first-order valence-corrected chi connectivity index (χ1v) is 10.0. The molecule has 2 heterocycles. The summed E-state index contributed by atoms with van der Waals surface area (Å²) in [6, 6.07) is 21.6. The average Bonchev–Trinajstić information content (AvgIpc) is 3.23. The topological polar surface area (TPSA) is 114 Å². The summed E-state index contributed by atoms with van der Waals surface area (Å²) in [7, 11) is 0. The minimum atomic E-state index is -0.746. The number of furan rings is 1. The molecule has 0 bridgehead atoms. The molecule has 4 rings (SSSR count). The zero-order valence-corrected chi connectivity index (χ0v) is 17.4. The van der Waals surface area contributed by atoms with E-state index < -0.39 is 17.2 Å². The number of aromatic amines is 1. The molecule has 3 N–H and O–H groups in total. The first kappa shape index (κ1) is 20.9. The summed E-state index contributed by atoms with van der Waals surface area (Å²) in [6.45, 7) is 1.93. The summed E-state index contributed by atoms with van der Waals surface area (Å²) in [5.74, 6) is -0.0128. The third-order valence-corrected chi connectivity index (χ3v) is 5.05. The molecule has 8 nitrogen and oxygen atoms in total. The summed E-state index contributed by atoms with van der Waals surface area (Å²) >= 11 is 0. The van der Waals surface area contributed by atoms with E-state index in [0.29, 0.717) is 5.76 Å². The van der Waals surface area contributed by atoms with E-state index in [-0.39, 0.29) is 30.4 Å². The van der Waals surface area contributed by atoms with Crippen LogP contribution < -0.4 is 21.9 Å². The van der Waals surface area contributed by atoms with Gasteiger partial charge in [0, 0.05) is 0 Å². The fourth-order valence-electron chi connectivity index (χ4n) is 3.46. The van der Waals surface area contributed by atoms with Gasteiger partial charge in [-0.2, -0.15) is 0 Å². The molecule has 0 spiro atoms. The van der Waals surface area contributed by atoms with Gasteiger partial charge >= 0.3 is 5.69 Å². The Morgan fingerprint density at radius 2 is 1.59 bits per heavy atom. The van der Waals surface area contributed by atoms with Crippen molar-refractivity contribution in [2.24, 2.45) is 0 Å². The van der Waals surface area contributed by atoms with E-state index in [2.05, 4.69) is 4.98 Å². The predicted octanol–water partition coefficient (Wildman–Crippen LogP) is 2.92. The Balaban J connectivity index is 1.84. The second-order valence-corrected chi connectivity index (χ2v) is 7.35. The minimum Gasteiger partial charge on any atom is -0.456 e. The van der Waals surface area contributed by atoms with E-state index in [0.717, 1.165) is 11.1 Å². The molecule has 8 heteroatoms. The normalized spacial score (nSPS) is 10.8. The van der Waals surface area contributed by atoms with Crippen LogP contribution in [0.1, 0.15) is 27.4 Å². The van der Waals surface area contributed by atoms with E-state index >= 15 is 0 Å². The van der Waals surface area contributed by atoms with Crippen molar-refractivity contribution in [2.75, 3.05) is 10.6 Å². The third kappa shape index (κ3) is 4.24. The molecule has 162 valence electrons. The molecule has 0 aliphatic rings. The van der Waals surface area contributed by atoms with Crippen LogP contribution >= 0.6 is 0 Å². The van der Waals surface area contributed by atoms with Crippen LogP contribution in [0.15, 0.2) is 86.8 Å².